The highest BCUT2D eigenvalue weighted by molar-refractivity contribution is 7.13. The predicted octanol–water partition coefficient (Wildman–Crippen LogP) is 2.14. The van der Waals surface area contributed by atoms with E-state index in [-0.39, 0.29) is 24.2 Å². The molecule has 22 heavy (non-hydrogen) atoms. The van der Waals surface area contributed by atoms with E-state index in [2.05, 4.69) is 10.3 Å². The van der Waals surface area contributed by atoms with Gasteiger partial charge in [0.2, 0.25) is 11.8 Å². The number of benzene rings is 1. The van der Waals surface area contributed by atoms with E-state index in [0.717, 1.165) is 0 Å². The fraction of sp³-hybridized carbons (Fsp3) is 0.267. The largest absolute Gasteiger partial charge is 0.495 e. The molecule has 2 heterocycles. The maximum Gasteiger partial charge on any atom is 0.231 e. The first kappa shape index (κ1) is 14.5. The average Bonchev–Trinajstić information content (AvgIpc) is 3.16. The highest BCUT2D eigenvalue weighted by atomic mass is 32.1. The lowest BCUT2D eigenvalue weighted by Gasteiger charge is -2.19. The number of para-hydroxylation sites is 2. The molecule has 1 fully saturated rings. The van der Waals surface area contributed by atoms with Crippen LogP contribution in [0.5, 0.6) is 5.75 Å². The predicted molar refractivity (Wildman–Crippen MR) is 84.2 cm³/mol. The second-order valence-electron chi connectivity index (χ2n) is 4.90. The molecule has 1 aromatic carbocycles. The highest BCUT2D eigenvalue weighted by Gasteiger charge is 2.36. The number of amides is 2. The molecule has 3 rings (SSSR count). The first-order chi connectivity index (χ1) is 10.7. The van der Waals surface area contributed by atoms with E-state index in [1.807, 2.05) is 18.2 Å². The van der Waals surface area contributed by atoms with Crippen molar-refractivity contribution in [2.75, 3.05) is 23.9 Å². The van der Waals surface area contributed by atoms with Crippen LogP contribution in [0, 0.1) is 5.92 Å². The van der Waals surface area contributed by atoms with Gasteiger partial charge in [-0.3, -0.25) is 9.59 Å². The molecule has 0 unspecified atom stereocenters. The summed E-state index contributed by atoms with van der Waals surface area (Å²) in [5, 5.41) is 5.08. The summed E-state index contributed by atoms with van der Waals surface area (Å²) in [5.74, 6) is -0.0253. The van der Waals surface area contributed by atoms with Crippen LogP contribution in [-0.4, -0.2) is 30.5 Å². The number of nitrogens with zero attached hydrogens (tertiary/aromatic N) is 2. The van der Waals surface area contributed by atoms with Gasteiger partial charge in [0.05, 0.1) is 18.7 Å². The molecule has 0 aliphatic carbocycles. The molecule has 1 aliphatic heterocycles. The molecular formula is C15H15N3O3S. The molecular weight excluding hydrogens is 302 g/mol. The Balaban J connectivity index is 1.74. The summed E-state index contributed by atoms with van der Waals surface area (Å²) in [7, 11) is 1.56. The molecule has 1 N–H and O–H groups in total. The van der Waals surface area contributed by atoms with Crippen molar-refractivity contribution in [3.63, 3.8) is 0 Å². The Bertz CT molecular complexity index is 687. The third kappa shape index (κ3) is 2.80. The topological polar surface area (TPSA) is 71.5 Å². The Morgan fingerprint density at radius 2 is 2.27 bits per heavy atom. The molecule has 2 amide bonds. The molecule has 0 spiro atoms. The molecule has 6 nitrogen and oxygen atoms in total. The molecule has 2 aromatic rings. The summed E-state index contributed by atoms with van der Waals surface area (Å²) in [6.45, 7) is 0.344. The highest BCUT2D eigenvalue weighted by Crippen LogP contribution is 2.33. The van der Waals surface area contributed by atoms with Crippen LogP contribution in [0.4, 0.5) is 10.8 Å². The van der Waals surface area contributed by atoms with E-state index in [4.69, 9.17) is 4.74 Å². The first-order valence-electron chi connectivity index (χ1n) is 6.83. The van der Waals surface area contributed by atoms with Gasteiger partial charge >= 0.3 is 0 Å². The molecule has 1 saturated heterocycles. The average molecular weight is 317 g/mol. The number of ether oxygens (including phenoxy) is 1. The van der Waals surface area contributed by atoms with Gasteiger partial charge in [0, 0.05) is 24.5 Å². The maximum absolute atomic E-state index is 12.2. The van der Waals surface area contributed by atoms with Crippen LogP contribution in [0.1, 0.15) is 6.42 Å². The van der Waals surface area contributed by atoms with Crippen LogP contribution in [0.3, 0.4) is 0 Å². The van der Waals surface area contributed by atoms with Crippen LogP contribution in [0.15, 0.2) is 35.8 Å². The fourth-order valence-electron chi connectivity index (χ4n) is 2.46. The molecule has 0 bridgehead atoms. The minimum Gasteiger partial charge on any atom is -0.495 e. The normalized spacial score (nSPS) is 17.6. The van der Waals surface area contributed by atoms with Gasteiger partial charge in [0.15, 0.2) is 5.13 Å². The number of anilines is 2. The molecule has 1 aliphatic rings. The minimum atomic E-state index is -0.388. The summed E-state index contributed by atoms with van der Waals surface area (Å²) in [5.41, 5.74) is 0.694. The van der Waals surface area contributed by atoms with Crippen molar-refractivity contribution < 1.29 is 14.3 Å². The van der Waals surface area contributed by atoms with Crippen LogP contribution in [-0.2, 0) is 9.59 Å². The Kier molecular flexibility index (Phi) is 4.06. The quantitative estimate of drug-likeness (QED) is 0.938. The summed E-state index contributed by atoms with van der Waals surface area (Å²) < 4.78 is 5.28. The second-order valence-corrected chi connectivity index (χ2v) is 5.80. The monoisotopic (exact) mass is 317 g/mol. The molecule has 0 saturated carbocycles. The number of methoxy groups -OCH3 is 1. The molecule has 1 atom stereocenters. The lowest BCUT2D eigenvalue weighted by atomic mass is 10.1. The van der Waals surface area contributed by atoms with Crippen molar-refractivity contribution in [1.82, 2.24) is 4.98 Å². The zero-order valence-electron chi connectivity index (χ0n) is 12.0. The van der Waals surface area contributed by atoms with Crippen LogP contribution < -0.4 is 15.0 Å². The first-order valence-corrected chi connectivity index (χ1v) is 7.70. The zero-order valence-corrected chi connectivity index (χ0v) is 12.8. The van der Waals surface area contributed by atoms with Crippen molar-refractivity contribution in [3.8, 4) is 5.75 Å². The van der Waals surface area contributed by atoms with Crippen LogP contribution in [0.25, 0.3) is 0 Å². The van der Waals surface area contributed by atoms with Crippen molar-refractivity contribution in [1.29, 1.82) is 0 Å². The maximum atomic E-state index is 12.2. The molecule has 7 heteroatoms. The molecule has 0 radical (unpaired) electrons. The van der Waals surface area contributed by atoms with E-state index in [0.29, 0.717) is 23.1 Å². The van der Waals surface area contributed by atoms with Gasteiger partial charge in [-0.25, -0.2) is 4.98 Å². The number of aromatic nitrogens is 1. The van der Waals surface area contributed by atoms with E-state index in [1.165, 1.54) is 11.3 Å². The van der Waals surface area contributed by atoms with E-state index < -0.39 is 0 Å². The third-order valence-corrected chi connectivity index (χ3v) is 4.22. The molecule has 1 aromatic heterocycles. The summed E-state index contributed by atoms with van der Waals surface area (Å²) in [6.07, 6.45) is 1.82. The Labute approximate surface area is 131 Å². The Morgan fingerprint density at radius 3 is 3.00 bits per heavy atom. The number of hydrogen-bond donors (Lipinski definition) is 1. The smallest absolute Gasteiger partial charge is 0.231 e. The number of thiazole rings is 1. The van der Waals surface area contributed by atoms with Gasteiger partial charge < -0.3 is 15.0 Å². The number of carbonyl (C=O) groups excluding carboxylic acids is 2. The van der Waals surface area contributed by atoms with E-state index >= 15 is 0 Å². The van der Waals surface area contributed by atoms with Crippen molar-refractivity contribution in [2.24, 2.45) is 5.92 Å². The summed E-state index contributed by atoms with van der Waals surface area (Å²) in [4.78, 5) is 30.1. The number of hydrogen-bond acceptors (Lipinski definition) is 5. The van der Waals surface area contributed by atoms with Gasteiger partial charge in [-0.05, 0) is 12.1 Å². The van der Waals surface area contributed by atoms with Crippen molar-refractivity contribution >= 4 is 34.0 Å². The molecule has 114 valence electrons. The van der Waals surface area contributed by atoms with Crippen molar-refractivity contribution in [2.45, 2.75) is 6.42 Å². The van der Waals surface area contributed by atoms with E-state index in [9.17, 15) is 9.59 Å². The Hall–Kier alpha value is -2.41. The van der Waals surface area contributed by atoms with Crippen molar-refractivity contribution in [3.05, 3.63) is 35.8 Å². The third-order valence-electron chi connectivity index (χ3n) is 3.53. The van der Waals surface area contributed by atoms with Gasteiger partial charge in [-0.15, -0.1) is 11.3 Å². The summed E-state index contributed by atoms with van der Waals surface area (Å²) in [6, 6.07) is 7.30. The Morgan fingerprint density at radius 1 is 1.45 bits per heavy atom. The lowest BCUT2D eigenvalue weighted by molar-refractivity contribution is -0.122. The standard InChI is InChI=1S/C15H15N3O3S/c1-21-12-5-3-2-4-11(12)18-9-10(8-13(18)19)14(20)17-15-16-6-7-22-15/h2-7,10H,8-9H2,1H3,(H,16,17,20)/t10-/m1/s1. The fourth-order valence-corrected chi connectivity index (χ4v) is 2.99. The van der Waals surface area contributed by atoms with E-state index in [1.54, 1.807) is 29.7 Å². The van der Waals surface area contributed by atoms with Gasteiger partial charge in [0.1, 0.15) is 5.75 Å². The minimum absolute atomic E-state index is 0.0798. The van der Waals surface area contributed by atoms with Crippen LogP contribution in [0.2, 0.25) is 0 Å². The number of carbonyl (C=O) groups is 2. The summed E-state index contributed by atoms with van der Waals surface area (Å²) >= 11 is 1.35. The van der Waals surface area contributed by atoms with Gasteiger partial charge in [0.25, 0.3) is 0 Å². The SMILES string of the molecule is COc1ccccc1N1C[C@H](C(=O)Nc2nccs2)CC1=O. The second kappa shape index (κ2) is 6.15. The lowest BCUT2D eigenvalue weighted by Crippen LogP contribution is -2.28. The van der Waals surface area contributed by atoms with Gasteiger partial charge in [-0.2, -0.15) is 0 Å². The number of rotatable bonds is 4. The zero-order chi connectivity index (χ0) is 15.5. The van der Waals surface area contributed by atoms with Crippen LogP contribution >= 0.6 is 11.3 Å². The van der Waals surface area contributed by atoms with Gasteiger partial charge in [-0.1, -0.05) is 12.1 Å². The number of nitrogens with one attached hydrogen (secondary N) is 1.